The molecular weight excluding hydrogens is 260 g/mol. The fourth-order valence-electron chi connectivity index (χ4n) is 2.25. The molecule has 0 saturated heterocycles. The monoisotopic (exact) mass is 292 g/mol. The van der Waals surface area contributed by atoms with Crippen LogP contribution < -0.4 is 10.6 Å². The maximum absolute atomic E-state index is 4.44. The lowest BCUT2D eigenvalue weighted by Crippen LogP contribution is -2.08. The van der Waals surface area contributed by atoms with E-state index in [2.05, 4.69) is 41.4 Å². The quantitative estimate of drug-likeness (QED) is 0.584. The fraction of sp³-hybridized carbons (Fsp3) is 0.765. The first kappa shape index (κ1) is 17.7. The molecule has 0 radical (unpaired) electrons. The van der Waals surface area contributed by atoms with Crippen LogP contribution in [0.5, 0.6) is 0 Å². The van der Waals surface area contributed by atoms with Crippen molar-refractivity contribution >= 4 is 11.6 Å². The Bertz CT molecular complexity index is 390. The number of nitrogens with zero attached hydrogens (tertiary/aromatic N) is 2. The van der Waals surface area contributed by atoms with Crippen molar-refractivity contribution in [3.8, 4) is 0 Å². The van der Waals surface area contributed by atoms with Crippen LogP contribution in [0.1, 0.15) is 65.1 Å². The lowest BCUT2D eigenvalue weighted by molar-refractivity contribution is 0.523. The smallest absolute Gasteiger partial charge is 0.131 e. The summed E-state index contributed by atoms with van der Waals surface area (Å²) < 4.78 is 0. The standard InChI is InChI=1S/C17H32N4/c1-5-11-18-16-13-17(21-15(4)20-16)19-12-9-7-6-8-10-14(2)3/h13-14H,5-12H2,1-4H3,(H2,18,19,20,21). The van der Waals surface area contributed by atoms with Gasteiger partial charge < -0.3 is 10.6 Å². The zero-order chi connectivity index (χ0) is 15.5. The Morgan fingerprint density at radius 2 is 1.57 bits per heavy atom. The lowest BCUT2D eigenvalue weighted by atomic mass is 10.0. The molecule has 1 heterocycles. The van der Waals surface area contributed by atoms with Crippen molar-refractivity contribution in [3.05, 3.63) is 11.9 Å². The van der Waals surface area contributed by atoms with Gasteiger partial charge in [-0.15, -0.1) is 0 Å². The summed E-state index contributed by atoms with van der Waals surface area (Å²) in [4.78, 5) is 8.83. The third-order valence-electron chi connectivity index (χ3n) is 3.41. The van der Waals surface area contributed by atoms with Crippen LogP contribution in [0.4, 0.5) is 11.6 Å². The van der Waals surface area contributed by atoms with Gasteiger partial charge in [0.15, 0.2) is 0 Å². The van der Waals surface area contributed by atoms with Crippen molar-refractivity contribution in [3.63, 3.8) is 0 Å². The topological polar surface area (TPSA) is 49.8 Å². The summed E-state index contributed by atoms with van der Waals surface area (Å²) in [5.74, 6) is 3.50. The van der Waals surface area contributed by atoms with Crippen LogP contribution in [-0.2, 0) is 0 Å². The number of hydrogen-bond donors (Lipinski definition) is 2. The molecule has 0 atom stereocenters. The zero-order valence-corrected chi connectivity index (χ0v) is 14.2. The van der Waals surface area contributed by atoms with E-state index in [4.69, 9.17) is 0 Å². The minimum absolute atomic E-state index is 0.815. The summed E-state index contributed by atoms with van der Waals surface area (Å²) in [5.41, 5.74) is 0. The van der Waals surface area contributed by atoms with Crippen LogP contribution in [0.2, 0.25) is 0 Å². The van der Waals surface area contributed by atoms with E-state index in [-0.39, 0.29) is 0 Å². The predicted molar refractivity (Wildman–Crippen MR) is 92.0 cm³/mol. The highest BCUT2D eigenvalue weighted by Gasteiger charge is 2.01. The molecule has 0 aromatic carbocycles. The van der Waals surface area contributed by atoms with Gasteiger partial charge in [0.25, 0.3) is 0 Å². The molecule has 0 fully saturated rings. The molecule has 1 rings (SSSR count). The van der Waals surface area contributed by atoms with Crippen LogP contribution in [0.3, 0.4) is 0 Å². The van der Waals surface area contributed by atoms with Gasteiger partial charge >= 0.3 is 0 Å². The molecule has 0 saturated carbocycles. The second-order valence-corrected chi connectivity index (χ2v) is 6.14. The maximum Gasteiger partial charge on any atom is 0.131 e. The van der Waals surface area contributed by atoms with Crippen molar-refractivity contribution in [2.45, 2.75) is 66.2 Å². The van der Waals surface area contributed by atoms with Crippen molar-refractivity contribution in [1.82, 2.24) is 9.97 Å². The maximum atomic E-state index is 4.44. The number of unbranched alkanes of at least 4 members (excludes halogenated alkanes) is 3. The molecule has 0 aliphatic carbocycles. The molecule has 0 bridgehead atoms. The molecule has 120 valence electrons. The molecule has 0 unspecified atom stereocenters. The molecular formula is C17H32N4. The average molecular weight is 292 g/mol. The van der Waals surface area contributed by atoms with Gasteiger partial charge in [0.05, 0.1) is 0 Å². The van der Waals surface area contributed by atoms with E-state index in [9.17, 15) is 0 Å². The second kappa shape index (κ2) is 10.4. The Balaban J connectivity index is 2.23. The first-order valence-corrected chi connectivity index (χ1v) is 8.45. The lowest BCUT2D eigenvalue weighted by Gasteiger charge is -2.10. The molecule has 4 heteroatoms. The average Bonchev–Trinajstić information content (AvgIpc) is 2.43. The molecule has 0 aliphatic heterocycles. The molecule has 2 N–H and O–H groups in total. The third-order valence-corrected chi connectivity index (χ3v) is 3.41. The largest absolute Gasteiger partial charge is 0.370 e. The van der Waals surface area contributed by atoms with E-state index in [1.54, 1.807) is 0 Å². The van der Waals surface area contributed by atoms with Gasteiger partial charge in [-0.25, -0.2) is 9.97 Å². The van der Waals surface area contributed by atoms with E-state index < -0.39 is 0 Å². The molecule has 21 heavy (non-hydrogen) atoms. The second-order valence-electron chi connectivity index (χ2n) is 6.14. The highest BCUT2D eigenvalue weighted by Crippen LogP contribution is 2.12. The fourth-order valence-corrected chi connectivity index (χ4v) is 2.25. The van der Waals surface area contributed by atoms with E-state index in [1.807, 2.05) is 13.0 Å². The molecule has 1 aromatic heterocycles. The van der Waals surface area contributed by atoms with Crippen molar-refractivity contribution < 1.29 is 0 Å². The number of hydrogen-bond acceptors (Lipinski definition) is 4. The number of rotatable bonds is 11. The molecule has 0 amide bonds. The Morgan fingerprint density at radius 1 is 0.952 bits per heavy atom. The highest BCUT2D eigenvalue weighted by molar-refractivity contribution is 5.47. The van der Waals surface area contributed by atoms with E-state index in [0.717, 1.165) is 42.9 Å². The Labute approximate surface area is 130 Å². The van der Waals surface area contributed by atoms with Gasteiger partial charge in [0.2, 0.25) is 0 Å². The minimum Gasteiger partial charge on any atom is -0.370 e. The van der Waals surface area contributed by atoms with Gasteiger partial charge in [-0.2, -0.15) is 0 Å². The van der Waals surface area contributed by atoms with Gasteiger partial charge in [-0.3, -0.25) is 0 Å². The van der Waals surface area contributed by atoms with Gasteiger partial charge in [-0.1, -0.05) is 46.5 Å². The van der Waals surface area contributed by atoms with Crippen LogP contribution in [-0.4, -0.2) is 23.1 Å². The summed E-state index contributed by atoms with van der Waals surface area (Å²) in [6.07, 6.45) is 7.65. The summed E-state index contributed by atoms with van der Waals surface area (Å²) in [5, 5.41) is 6.72. The number of aromatic nitrogens is 2. The minimum atomic E-state index is 0.815. The number of aryl methyl sites for hydroxylation is 1. The number of nitrogens with one attached hydrogen (secondary N) is 2. The summed E-state index contributed by atoms with van der Waals surface area (Å²) >= 11 is 0. The number of anilines is 2. The zero-order valence-electron chi connectivity index (χ0n) is 14.2. The van der Waals surface area contributed by atoms with Crippen LogP contribution in [0, 0.1) is 12.8 Å². The molecule has 1 aromatic rings. The van der Waals surface area contributed by atoms with Crippen LogP contribution in [0.15, 0.2) is 6.07 Å². The van der Waals surface area contributed by atoms with Crippen molar-refractivity contribution in [2.75, 3.05) is 23.7 Å². The summed E-state index contributed by atoms with van der Waals surface area (Å²) in [6.45, 7) is 10.6. The van der Waals surface area contributed by atoms with Crippen LogP contribution >= 0.6 is 0 Å². The third kappa shape index (κ3) is 8.53. The Hall–Kier alpha value is -1.32. The molecule has 0 spiro atoms. The molecule has 0 aliphatic rings. The molecule has 4 nitrogen and oxygen atoms in total. The van der Waals surface area contributed by atoms with E-state index >= 15 is 0 Å². The van der Waals surface area contributed by atoms with Gasteiger partial charge in [0, 0.05) is 19.2 Å². The predicted octanol–water partition coefficient (Wildman–Crippen LogP) is 4.63. The van der Waals surface area contributed by atoms with E-state index in [1.165, 1.54) is 32.1 Å². The normalized spacial score (nSPS) is 10.9. The highest BCUT2D eigenvalue weighted by atomic mass is 15.1. The van der Waals surface area contributed by atoms with Gasteiger partial charge in [-0.05, 0) is 25.7 Å². The summed E-state index contributed by atoms with van der Waals surface area (Å²) in [6, 6.07) is 2.00. The van der Waals surface area contributed by atoms with Crippen LogP contribution in [0.25, 0.3) is 0 Å². The van der Waals surface area contributed by atoms with Crippen molar-refractivity contribution in [1.29, 1.82) is 0 Å². The summed E-state index contributed by atoms with van der Waals surface area (Å²) in [7, 11) is 0. The first-order chi connectivity index (χ1) is 10.1. The van der Waals surface area contributed by atoms with Crippen molar-refractivity contribution in [2.24, 2.45) is 5.92 Å². The SMILES string of the molecule is CCCNc1cc(NCCCCCCC(C)C)nc(C)n1. The van der Waals surface area contributed by atoms with Gasteiger partial charge in [0.1, 0.15) is 17.5 Å². The van der Waals surface area contributed by atoms with E-state index in [0.29, 0.717) is 0 Å². The Morgan fingerprint density at radius 3 is 2.19 bits per heavy atom. The first-order valence-electron chi connectivity index (χ1n) is 8.45. The Kier molecular flexibility index (Phi) is 8.79.